The average molecular weight is 785 g/mol. The van der Waals surface area contributed by atoms with Crippen molar-refractivity contribution < 1.29 is 28.6 Å². The minimum absolute atomic E-state index is 0.0811. The van der Waals surface area contributed by atoms with Crippen LogP contribution >= 0.6 is 0 Å². The maximum Gasteiger partial charge on any atom is 0.306 e. The second kappa shape index (κ2) is 45.1. The highest BCUT2D eigenvalue weighted by Gasteiger charge is 2.19. The summed E-state index contributed by atoms with van der Waals surface area (Å²) in [6.07, 6.45) is 52.4. The third-order valence-electron chi connectivity index (χ3n) is 10.0. The monoisotopic (exact) mass is 785 g/mol. The van der Waals surface area contributed by atoms with Gasteiger partial charge >= 0.3 is 17.9 Å². The van der Waals surface area contributed by atoms with E-state index in [1.165, 1.54) is 89.9 Å². The summed E-state index contributed by atoms with van der Waals surface area (Å²) in [6, 6.07) is 0. The molecule has 0 spiro atoms. The number of rotatable bonds is 42. The Bertz CT molecular complexity index is 996. The molecule has 0 saturated carbocycles. The maximum atomic E-state index is 12.7. The number of carbonyl (C=O) groups excluding carboxylic acids is 3. The molecule has 0 N–H and O–H groups in total. The Morgan fingerprint density at radius 2 is 0.679 bits per heavy atom. The number of carbonyl (C=O) groups is 3. The standard InChI is InChI=1S/C50H88O6/c1-4-7-10-13-16-18-20-22-23-24-25-26-28-29-31-34-37-40-43-49(52)55-46-47(45-54-48(51)42-39-36-33-15-12-9-6-3)56-50(53)44-41-38-35-32-30-27-21-19-17-14-11-8-5-2/h11,14,18-21,23-24,47H,4-10,12-13,15-17,22,25-46H2,1-3H3/b14-11-,20-18-,21-19-,24-23-. The second-order valence-corrected chi connectivity index (χ2v) is 15.7. The van der Waals surface area contributed by atoms with Gasteiger partial charge in [-0.3, -0.25) is 14.4 Å². The highest BCUT2D eigenvalue weighted by atomic mass is 16.6. The van der Waals surface area contributed by atoms with Crippen LogP contribution in [0.3, 0.4) is 0 Å². The van der Waals surface area contributed by atoms with Crippen molar-refractivity contribution in [3.8, 4) is 0 Å². The van der Waals surface area contributed by atoms with E-state index < -0.39 is 6.10 Å². The zero-order valence-electron chi connectivity index (χ0n) is 36.9. The van der Waals surface area contributed by atoms with Crippen molar-refractivity contribution in [2.24, 2.45) is 0 Å². The van der Waals surface area contributed by atoms with E-state index in [2.05, 4.69) is 69.4 Å². The lowest BCUT2D eigenvalue weighted by molar-refractivity contribution is -0.167. The van der Waals surface area contributed by atoms with Gasteiger partial charge in [0.05, 0.1) is 0 Å². The first kappa shape index (κ1) is 53.4. The fourth-order valence-electron chi connectivity index (χ4n) is 6.45. The lowest BCUT2D eigenvalue weighted by atomic mass is 10.1. The molecule has 0 amide bonds. The van der Waals surface area contributed by atoms with Crippen molar-refractivity contribution in [1.82, 2.24) is 0 Å². The molecule has 0 bridgehead atoms. The Labute approximate surface area is 346 Å². The van der Waals surface area contributed by atoms with E-state index in [0.717, 1.165) is 103 Å². The van der Waals surface area contributed by atoms with Crippen LogP contribution in [0, 0.1) is 0 Å². The van der Waals surface area contributed by atoms with Gasteiger partial charge in [-0.2, -0.15) is 0 Å². The number of hydrogen-bond acceptors (Lipinski definition) is 6. The Morgan fingerprint density at radius 3 is 1.07 bits per heavy atom. The molecule has 0 aromatic carbocycles. The lowest BCUT2D eigenvalue weighted by Crippen LogP contribution is -2.30. The molecule has 6 nitrogen and oxygen atoms in total. The molecule has 0 aliphatic carbocycles. The summed E-state index contributed by atoms with van der Waals surface area (Å²) in [5.74, 6) is -0.910. The molecule has 6 heteroatoms. The molecule has 0 aromatic rings. The molecule has 0 rings (SSSR count). The predicted molar refractivity (Wildman–Crippen MR) is 238 cm³/mol. The van der Waals surface area contributed by atoms with Crippen molar-refractivity contribution in [3.05, 3.63) is 48.6 Å². The molecular weight excluding hydrogens is 697 g/mol. The normalized spacial score (nSPS) is 12.4. The van der Waals surface area contributed by atoms with Crippen molar-refractivity contribution >= 4 is 17.9 Å². The minimum atomic E-state index is -0.778. The van der Waals surface area contributed by atoms with Gasteiger partial charge in [-0.1, -0.05) is 185 Å². The third-order valence-corrected chi connectivity index (χ3v) is 10.0. The van der Waals surface area contributed by atoms with Crippen molar-refractivity contribution in [2.75, 3.05) is 13.2 Å². The number of unbranched alkanes of at least 4 members (excludes halogenated alkanes) is 23. The van der Waals surface area contributed by atoms with Crippen LogP contribution in [0.4, 0.5) is 0 Å². The SMILES string of the molecule is CCC/C=C\C/C=C\CCCCCCCC(=O)OC(COC(=O)CCCCCCCCC)COC(=O)CCCCCCCCC/C=C\C/C=C\CCCCCC. The predicted octanol–water partition coefficient (Wildman–Crippen LogP) is 15.1. The Balaban J connectivity index is 4.29. The van der Waals surface area contributed by atoms with Gasteiger partial charge in [0.1, 0.15) is 13.2 Å². The van der Waals surface area contributed by atoms with E-state index in [-0.39, 0.29) is 31.1 Å². The molecule has 0 fully saturated rings. The molecule has 324 valence electrons. The number of hydrogen-bond donors (Lipinski definition) is 0. The van der Waals surface area contributed by atoms with E-state index in [9.17, 15) is 14.4 Å². The summed E-state index contributed by atoms with van der Waals surface area (Å²) < 4.78 is 16.7. The zero-order chi connectivity index (χ0) is 40.8. The van der Waals surface area contributed by atoms with Gasteiger partial charge in [-0.25, -0.2) is 0 Å². The first-order chi connectivity index (χ1) is 27.5. The second-order valence-electron chi connectivity index (χ2n) is 15.7. The molecule has 0 radical (unpaired) electrons. The molecule has 56 heavy (non-hydrogen) atoms. The Kier molecular flexibility index (Phi) is 43.0. The van der Waals surface area contributed by atoms with E-state index >= 15 is 0 Å². The molecule has 0 aromatic heterocycles. The van der Waals surface area contributed by atoms with Crippen LogP contribution in [-0.4, -0.2) is 37.2 Å². The van der Waals surface area contributed by atoms with Gasteiger partial charge in [-0.05, 0) is 77.0 Å². The van der Waals surface area contributed by atoms with Gasteiger partial charge < -0.3 is 14.2 Å². The quantitative estimate of drug-likeness (QED) is 0.0265. The number of allylic oxidation sites excluding steroid dienone is 8. The summed E-state index contributed by atoms with van der Waals surface area (Å²) in [4.78, 5) is 37.6. The number of esters is 3. The van der Waals surface area contributed by atoms with E-state index in [1.54, 1.807) is 0 Å². The summed E-state index contributed by atoms with van der Waals surface area (Å²) in [5.41, 5.74) is 0. The highest BCUT2D eigenvalue weighted by molar-refractivity contribution is 5.71. The Morgan fingerprint density at radius 1 is 0.357 bits per heavy atom. The van der Waals surface area contributed by atoms with Crippen molar-refractivity contribution in [3.63, 3.8) is 0 Å². The number of ether oxygens (including phenoxy) is 3. The zero-order valence-corrected chi connectivity index (χ0v) is 36.9. The molecule has 0 aliphatic heterocycles. The van der Waals surface area contributed by atoms with Crippen molar-refractivity contribution in [1.29, 1.82) is 0 Å². The topological polar surface area (TPSA) is 78.9 Å². The smallest absolute Gasteiger partial charge is 0.306 e. The van der Waals surface area contributed by atoms with Crippen LogP contribution in [0.1, 0.15) is 233 Å². The fourth-order valence-corrected chi connectivity index (χ4v) is 6.45. The minimum Gasteiger partial charge on any atom is -0.462 e. The summed E-state index contributed by atoms with van der Waals surface area (Å²) >= 11 is 0. The van der Waals surface area contributed by atoms with E-state index in [1.807, 2.05) is 0 Å². The molecule has 1 atom stereocenters. The summed E-state index contributed by atoms with van der Waals surface area (Å²) in [7, 11) is 0. The van der Waals surface area contributed by atoms with Gasteiger partial charge in [0.2, 0.25) is 0 Å². The van der Waals surface area contributed by atoms with E-state index in [0.29, 0.717) is 19.3 Å². The van der Waals surface area contributed by atoms with Gasteiger partial charge in [0.25, 0.3) is 0 Å². The van der Waals surface area contributed by atoms with Crippen LogP contribution in [0.15, 0.2) is 48.6 Å². The first-order valence-electron chi connectivity index (χ1n) is 23.6. The first-order valence-corrected chi connectivity index (χ1v) is 23.6. The molecule has 0 aliphatic rings. The van der Waals surface area contributed by atoms with Crippen LogP contribution in [0.25, 0.3) is 0 Å². The molecular formula is C50H88O6. The average Bonchev–Trinajstić information content (AvgIpc) is 3.19. The molecule has 0 saturated heterocycles. The lowest BCUT2D eigenvalue weighted by Gasteiger charge is -2.18. The summed E-state index contributed by atoms with van der Waals surface area (Å²) in [6.45, 7) is 6.49. The van der Waals surface area contributed by atoms with Crippen LogP contribution in [0.2, 0.25) is 0 Å². The van der Waals surface area contributed by atoms with Crippen LogP contribution in [0.5, 0.6) is 0 Å². The summed E-state index contributed by atoms with van der Waals surface area (Å²) in [5, 5.41) is 0. The molecule has 0 heterocycles. The Hall–Kier alpha value is -2.63. The molecule has 1 unspecified atom stereocenters. The van der Waals surface area contributed by atoms with Gasteiger partial charge in [-0.15, -0.1) is 0 Å². The van der Waals surface area contributed by atoms with Gasteiger partial charge in [0, 0.05) is 19.3 Å². The van der Waals surface area contributed by atoms with E-state index in [4.69, 9.17) is 14.2 Å². The van der Waals surface area contributed by atoms with Crippen LogP contribution < -0.4 is 0 Å². The maximum absolute atomic E-state index is 12.7. The third kappa shape index (κ3) is 42.5. The van der Waals surface area contributed by atoms with Gasteiger partial charge in [0.15, 0.2) is 6.10 Å². The largest absolute Gasteiger partial charge is 0.462 e. The van der Waals surface area contributed by atoms with Crippen molar-refractivity contribution in [2.45, 2.75) is 239 Å². The fraction of sp³-hybridized carbons (Fsp3) is 0.780. The highest BCUT2D eigenvalue weighted by Crippen LogP contribution is 2.14. The van der Waals surface area contributed by atoms with Crippen LogP contribution in [-0.2, 0) is 28.6 Å².